The summed E-state index contributed by atoms with van der Waals surface area (Å²) in [6, 6.07) is 6.74. The molecule has 0 aromatic heterocycles. The van der Waals surface area contributed by atoms with E-state index >= 15 is 0 Å². The lowest BCUT2D eigenvalue weighted by molar-refractivity contribution is -0.138. The highest BCUT2D eigenvalue weighted by molar-refractivity contribution is 9.11. The molecule has 0 saturated heterocycles. The van der Waals surface area contributed by atoms with E-state index in [0.29, 0.717) is 15.1 Å². The van der Waals surface area contributed by atoms with E-state index in [2.05, 4.69) is 15.9 Å². The fourth-order valence-corrected chi connectivity index (χ4v) is 2.34. The summed E-state index contributed by atoms with van der Waals surface area (Å²) in [6.07, 6.45) is 4.21. The zero-order valence-corrected chi connectivity index (χ0v) is 12.0. The summed E-state index contributed by atoms with van der Waals surface area (Å²) in [4.78, 5) is 11.2. The van der Waals surface area contributed by atoms with Gasteiger partial charge in [0.1, 0.15) is 11.7 Å². The molecule has 0 spiro atoms. The quantitative estimate of drug-likeness (QED) is 0.854. The second-order valence-corrected chi connectivity index (χ2v) is 5.36. The minimum Gasteiger partial charge on any atom is -0.481 e. The third-order valence-corrected chi connectivity index (χ3v) is 3.40. The first-order valence-corrected chi connectivity index (χ1v) is 6.59. The average molecular weight is 344 g/mol. The first-order chi connectivity index (χ1) is 8.97. The number of carboxylic acids is 1. The summed E-state index contributed by atoms with van der Waals surface area (Å²) in [5, 5.41) is 9.71. The Labute approximate surface area is 123 Å². The SMILES string of the molecule is O=C(O)C1C=C(Br)C=C(F)C1=Cc1ccc(Cl)cc1. The lowest BCUT2D eigenvalue weighted by Crippen LogP contribution is -2.16. The molecule has 98 valence electrons. The maximum atomic E-state index is 13.9. The minimum absolute atomic E-state index is 0.123. The molecular formula is C14H9BrClFO2. The normalized spacial score (nSPS) is 21.0. The monoisotopic (exact) mass is 342 g/mol. The number of carbonyl (C=O) groups is 1. The molecule has 0 radical (unpaired) electrons. The highest BCUT2D eigenvalue weighted by Crippen LogP contribution is 2.33. The van der Waals surface area contributed by atoms with E-state index in [1.807, 2.05) is 0 Å². The van der Waals surface area contributed by atoms with Crippen LogP contribution < -0.4 is 0 Å². The molecule has 2 nitrogen and oxygen atoms in total. The van der Waals surface area contributed by atoms with Crippen LogP contribution in [-0.4, -0.2) is 11.1 Å². The maximum absolute atomic E-state index is 13.9. The van der Waals surface area contributed by atoms with Crippen molar-refractivity contribution in [3.63, 3.8) is 0 Å². The molecule has 0 amide bonds. The Morgan fingerprint density at radius 2 is 2.00 bits per heavy atom. The molecule has 0 saturated carbocycles. The molecule has 1 aromatic carbocycles. The number of hydrogen-bond donors (Lipinski definition) is 1. The lowest BCUT2D eigenvalue weighted by Gasteiger charge is -2.16. The smallest absolute Gasteiger partial charge is 0.315 e. The topological polar surface area (TPSA) is 37.3 Å². The number of benzene rings is 1. The minimum atomic E-state index is -1.10. The van der Waals surface area contributed by atoms with Crippen molar-refractivity contribution < 1.29 is 14.3 Å². The van der Waals surface area contributed by atoms with Crippen LogP contribution in [0.5, 0.6) is 0 Å². The van der Waals surface area contributed by atoms with E-state index in [-0.39, 0.29) is 5.57 Å². The van der Waals surface area contributed by atoms with Crippen molar-refractivity contribution in [3.8, 4) is 0 Å². The van der Waals surface area contributed by atoms with Crippen LogP contribution in [0.25, 0.3) is 6.08 Å². The zero-order chi connectivity index (χ0) is 14.0. The highest BCUT2D eigenvalue weighted by Gasteiger charge is 2.26. The number of aliphatic carboxylic acids is 1. The molecule has 0 heterocycles. The number of rotatable bonds is 2. The van der Waals surface area contributed by atoms with Gasteiger partial charge in [-0.15, -0.1) is 0 Å². The first kappa shape index (κ1) is 14.0. The summed E-state index contributed by atoms with van der Waals surface area (Å²) in [6.45, 7) is 0. The van der Waals surface area contributed by atoms with Gasteiger partial charge in [-0.05, 0) is 29.8 Å². The van der Waals surface area contributed by atoms with Gasteiger partial charge in [-0.25, -0.2) is 4.39 Å². The van der Waals surface area contributed by atoms with Gasteiger partial charge in [-0.3, -0.25) is 4.79 Å². The van der Waals surface area contributed by atoms with Gasteiger partial charge in [0.25, 0.3) is 0 Å². The molecule has 0 bridgehead atoms. The molecule has 1 N–H and O–H groups in total. The Balaban J connectivity index is 2.43. The van der Waals surface area contributed by atoms with Gasteiger partial charge in [0.05, 0.1) is 0 Å². The van der Waals surface area contributed by atoms with Crippen molar-refractivity contribution in [2.75, 3.05) is 0 Å². The highest BCUT2D eigenvalue weighted by atomic mass is 79.9. The molecule has 1 atom stereocenters. The van der Waals surface area contributed by atoms with Crippen LogP contribution in [0.3, 0.4) is 0 Å². The van der Waals surface area contributed by atoms with E-state index in [1.54, 1.807) is 24.3 Å². The van der Waals surface area contributed by atoms with Crippen molar-refractivity contribution in [2.24, 2.45) is 5.92 Å². The van der Waals surface area contributed by atoms with Crippen molar-refractivity contribution in [1.82, 2.24) is 0 Å². The molecule has 1 aromatic rings. The van der Waals surface area contributed by atoms with E-state index < -0.39 is 17.7 Å². The van der Waals surface area contributed by atoms with Crippen LogP contribution in [0.1, 0.15) is 5.56 Å². The van der Waals surface area contributed by atoms with E-state index in [4.69, 9.17) is 16.7 Å². The summed E-state index contributed by atoms with van der Waals surface area (Å²) in [7, 11) is 0. The van der Waals surface area contributed by atoms with Crippen LogP contribution in [0.2, 0.25) is 5.02 Å². The average Bonchev–Trinajstić information content (AvgIpc) is 2.34. The zero-order valence-electron chi connectivity index (χ0n) is 9.61. The molecule has 0 fully saturated rings. The predicted molar refractivity (Wildman–Crippen MR) is 76.8 cm³/mol. The van der Waals surface area contributed by atoms with Crippen LogP contribution in [0.15, 0.2) is 52.3 Å². The Morgan fingerprint density at radius 1 is 1.37 bits per heavy atom. The van der Waals surface area contributed by atoms with Gasteiger partial charge >= 0.3 is 5.97 Å². The molecular weight excluding hydrogens is 335 g/mol. The Hall–Kier alpha value is -1.39. The van der Waals surface area contributed by atoms with Gasteiger partial charge in [0.15, 0.2) is 0 Å². The number of allylic oxidation sites excluding steroid dienone is 3. The van der Waals surface area contributed by atoms with E-state index in [0.717, 1.165) is 0 Å². The van der Waals surface area contributed by atoms with Gasteiger partial charge in [-0.2, -0.15) is 0 Å². The van der Waals surface area contributed by atoms with Gasteiger partial charge in [0.2, 0.25) is 0 Å². The third-order valence-electron chi connectivity index (χ3n) is 2.66. The summed E-state index contributed by atoms with van der Waals surface area (Å²) < 4.78 is 14.3. The molecule has 1 aliphatic carbocycles. The van der Waals surface area contributed by atoms with Crippen LogP contribution >= 0.6 is 27.5 Å². The molecule has 1 aliphatic rings. The summed E-state index contributed by atoms with van der Waals surface area (Å²) in [5.74, 6) is -2.66. The Morgan fingerprint density at radius 3 is 2.58 bits per heavy atom. The number of hydrogen-bond acceptors (Lipinski definition) is 1. The van der Waals surface area contributed by atoms with Crippen molar-refractivity contribution in [2.45, 2.75) is 0 Å². The van der Waals surface area contributed by atoms with E-state index in [1.165, 1.54) is 18.2 Å². The molecule has 1 unspecified atom stereocenters. The largest absolute Gasteiger partial charge is 0.481 e. The van der Waals surface area contributed by atoms with Gasteiger partial charge in [-0.1, -0.05) is 45.7 Å². The lowest BCUT2D eigenvalue weighted by atomic mass is 9.92. The van der Waals surface area contributed by atoms with Crippen LogP contribution in [0.4, 0.5) is 4.39 Å². The van der Waals surface area contributed by atoms with E-state index in [9.17, 15) is 9.18 Å². The molecule has 19 heavy (non-hydrogen) atoms. The first-order valence-electron chi connectivity index (χ1n) is 5.42. The second kappa shape index (κ2) is 5.72. The number of halogens is 3. The second-order valence-electron chi connectivity index (χ2n) is 4.01. The summed E-state index contributed by atoms with van der Waals surface area (Å²) in [5.41, 5.74) is 0.818. The van der Waals surface area contributed by atoms with Crippen molar-refractivity contribution in [3.05, 3.63) is 62.9 Å². The Bertz CT molecular complexity index is 602. The fourth-order valence-electron chi connectivity index (χ4n) is 1.75. The molecule has 2 rings (SSSR count). The maximum Gasteiger partial charge on any atom is 0.315 e. The molecule has 0 aliphatic heterocycles. The van der Waals surface area contributed by atoms with Crippen molar-refractivity contribution >= 4 is 39.6 Å². The van der Waals surface area contributed by atoms with Crippen LogP contribution in [-0.2, 0) is 4.79 Å². The number of carboxylic acid groups (broad SMARTS) is 1. The van der Waals surface area contributed by atoms with Crippen molar-refractivity contribution in [1.29, 1.82) is 0 Å². The fraction of sp³-hybridized carbons (Fsp3) is 0.0714. The third kappa shape index (κ3) is 3.33. The van der Waals surface area contributed by atoms with Gasteiger partial charge in [0, 0.05) is 15.1 Å². The molecule has 5 heteroatoms. The standard InChI is InChI=1S/C14H9BrClFO2/c15-9-6-12(14(18)19)11(13(17)7-9)5-8-1-3-10(16)4-2-8/h1-7,12H,(H,18,19). The summed E-state index contributed by atoms with van der Waals surface area (Å²) >= 11 is 8.86. The van der Waals surface area contributed by atoms with Crippen LogP contribution in [0, 0.1) is 5.92 Å². The van der Waals surface area contributed by atoms with Gasteiger partial charge < -0.3 is 5.11 Å². The predicted octanol–water partition coefficient (Wildman–Crippen LogP) is 4.57. The Kier molecular flexibility index (Phi) is 4.22.